The third-order valence-corrected chi connectivity index (χ3v) is 9.29. The van der Waals surface area contributed by atoms with Crippen LogP contribution in [0.25, 0.3) is 11.1 Å². The number of hydrogen-bond acceptors (Lipinski definition) is 12. The molecule has 49 heavy (non-hydrogen) atoms. The summed E-state index contributed by atoms with van der Waals surface area (Å²) in [5.74, 6) is 1.53. The summed E-state index contributed by atoms with van der Waals surface area (Å²) in [6.45, 7) is 6.59. The molecule has 5 aromatic rings. The van der Waals surface area contributed by atoms with Crippen LogP contribution in [0.4, 0.5) is 11.6 Å². The molecule has 14 nitrogen and oxygen atoms in total. The van der Waals surface area contributed by atoms with Gasteiger partial charge in [-0.1, -0.05) is 23.7 Å². The van der Waals surface area contributed by atoms with Gasteiger partial charge in [-0.05, 0) is 72.4 Å². The van der Waals surface area contributed by atoms with Crippen molar-refractivity contribution in [2.75, 3.05) is 38.2 Å². The zero-order valence-electron chi connectivity index (χ0n) is 27.4. The third-order valence-electron chi connectivity index (χ3n) is 8.98. The number of rotatable bonds is 13. The fourth-order valence-corrected chi connectivity index (χ4v) is 6.58. The zero-order valence-corrected chi connectivity index (χ0v) is 28.2. The van der Waals surface area contributed by atoms with E-state index in [9.17, 15) is 0 Å². The number of nitrogens with zero attached hydrogens (tertiary/aromatic N) is 10. The molecule has 15 heteroatoms. The smallest absolute Gasteiger partial charge is 0.256 e. The van der Waals surface area contributed by atoms with E-state index >= 15 is 0 Å². The van der Waals surface area contributed by atoms with Crippen LogP contribution in [0.15, 0.2) is 67.6 Å². The minimum Gasteiger partial charge on any atom is -0.487 e. The number of tetrazole rings is 1. The van der Waals surface area contributed by atoms with E-state index in [0.29, 0.717) is 47.8 Å². The maximum atomic E-state index is 6.47. The van der Waals surface area contributed by atoms with E-state index in [0.717, 1.165) is 80.8 Å². The Kier molecular flexibility index (Phi) is 10.5. The van der Waals surface area contributed by atoms with E-state index in [1.807, 2.05) is 43.6 Å². The Balaban J connectivity index is 1.03. The third kappa shape index (κ3) is 8.50. The van der Waals surface area contributed by atoms with Gasteiger partial charge in [-0.3, -0.25) is 14.6 Å². The number of halogens is 1. The van der Waals surface area contributed by atoms with Crippen molar-refractivity contribution in [3.05, 3.63) is 78.2 Å². The lowest BCUT2D eigenvalue weighted by Gasteiger charge is -2.38. The number of hydrogen-bond donors (Lipinski definition) is 1. The molecule has 2 fully saturated rings. The monoisotopic (exact) mass is 685 g/mol. The second kappa shape index (κ2) is 15.7. The molecule has 0 bridgehead atoms. The van der Waals surface area contributed by atoms with Gasteiger partial charge in [-0.15, -0.1) is 10.2 Å². The molecule has 0 amide bonds. The quantitative estimate of drug-likeness (QED) is 0.178. The maximum Gasteiger partial charge on any atom is 0.256 e. The summed E-state index contributed by atoms with van der Waals surface area (Å²) in [5, 5.41) is 20.0. The number of ether oxygens (including phenoxy) is 3. The topological polar surface area (TPSA) is 143 Å². The molecule has 0 unspecified atom stereocenters. The van der Waals surface area contributed by atoms with Crippen molar-refractivity contribution >= 4 is 23.2 Å². The zero-order chi connectivity index (χ0) is 33.4. The van der Waals surface area contributed by atoms with Gasteiger partial charge < -0.3 is 19.5 Å². The van der Waals surface area contributed by atoms with Crippen molar-refractivity contribution < 1.29 is 14.2 Å². The fourth-order valence-electron chi connectivity index (χ4n) is 6.41. The minimum absolute atomic E-state index is 0.208. The Hall–Kier alpha value is -4.66. The summed E-state index contributed by atoms with van der Waals surface area (Å²) >= 11 is 6.47. The van der Waals surface area contributed by atoms with Crippen molar-refractivity contribution in [2.24, 2.45) is 0 Å². The fraction of sp³-hybridized carbons (Fsp3) is 0.441. The van der Waals surface area contributed by atoms with E-state index in [-0.39, 0.29) is 6.10 Å². The Morgan fingerprint density at radius 1 is 1.02 bits per heavy atom. The van der Waals surface area contributed by atoms with Gasteiger partial charge in [-0.25, -0.2) is 14.6 Å². The molecule has 1 aromatic carbocycles. The van der Waals surface area contributed by atoms with Crippen LogP contribution in [0.2, 0.25) is 5.02 Å². The predicted molar refractivity (Wildman–Crippen MR) is 183 cm³/mol. The van der Waals surface area contributed by atoms with Crippen LogP contribution in [0.3, 0.4) is 0 Å². The highest BCUT2D eigenvalue weighted by molar-refractivity contribution is 6.32. The van der Waals surface area contributed by atoms with Crippen molar-refractivity contribution in [3.8, 4) is 22.8 Å². The van der Waals surface area contributed by atoms with E-state index in [1.54, 1.807) is 35.7 Å². The average Bonchev–Trinajstić information content (AvgIpc) is 3.80. The van der Waals surface area contributed by atoms with Gasteiger partial charge in [-0.2, -0.15) is 0 Å². The van der Waals surface area contributed by atoms with Crippen LogP contribution in [-0.2, 0) is 17.7 Å². The molecule has 1 N–H and O–H groups in total. The Morgan fingerprint density at radius 3 is 2.59 bits per heavy atom. The number of aromatic nitrogens is 9. The summed E-state index contributed by atoms with van der Waals surface area (Å²) < 4.78 is 21.6. The van der Waals surface area contributed by atoms with E-state index < -0.39 is 0 Å². The number of anilines is 2. The molecule has 7 rings (SSSR count). The summed E-state index contributed by atoms with van der Waals surface area (Å²) in [6, 6.07) is 10.5. The molecule has 2 aliphatic rings. The molecule has 256 valence electrons. The van der Waals surface area contributed by atoms with Gasteiger partial charge in [0, 0.05) is 55.9 Å². The first-order valence-corrected chi connectivity index (χ1v) is 17.1. The number of pyridine rings is 1. The highest BCUT2D eigenvalue weighted by Crippen LogP contribution is 2.35. The molecule has 1 atom stereocenters. The van der Waals surface area contributed by atoms with E-state index in [4.69, 9.17) is 30.9 Å². The molecular formula is C34H40ClN11O3. The molecule has 1 aliphatic carbocycles. The Labute approximate surface area is 289 Å². The van der Waals surface area contributed by atoms with E-state index in [2.05, 4.69) is 45.4 Å². The van der Waals surface area contributed by atoms with Crippen LogP contribution in [0.5, 0.6) is 11.6 Å². The first-order chi connectivity index (χ1) is 24.1. The summed E-state index contributed by atoms with van der Waals surface area (Å²) in [7, 11) is 0. The highest BCUT2D eigenvalue weighted by Gasteiger charge is 2.29. The van der Waals surface area contributed by atoms with Crippen LogP contribution in [0, 0.1) is 0 Å². The standard InChI is InChI=1S/C34H40ClN11O3/c1-24(21-45-23-39-42-43-45)49-32-17-26(4-9-30(32)35)27-19-37-34(38-20-27)40-31-22-46(41-33(31)48-14-10-25-3-2-11-36-18-25)29-7-5-28(6-8-29)44-12-15-47-16-13-44/h2-4,9,11,17-20,22-24,28-29H,5-8,10,12-16,21H2,1H3,(H,37,38,40)/t24-,28?,29?/m0/s1. The van der Waals surface area contributed by atoms with Crippen molar-refractivity contribution in [3.63, 3.8) is 0 Å². The van der Waals surface area contributed by atoms with Gasteiger partial charge in [0.1, 0.15) is 23.9 Å². The van der Waals surface area contributed by atoms with Crippen LogP contribution in [0.1, 0.15) is 44.2 Å². The van der Waals surface area contributed by atoms with E-state index in [1.165, 1.54) is 0 Å². The molecule has 1 aliphatic heterocycles. The Morgan fingerprint density at radius 2 is 1.84 bits per heavy atom. The normalized spacial score (nSPS) is 19.0. The maximum absolute atomic E-state index is 6.47. The van der Waals surface area contributed by atoms with Crippen LogP contribution >= 0.6 is 11.6 Å². The van der Waals surface area contributed by atoms with Crippen LogP contribution in [-0.4, -0.2) is 94.9 Å². The second-order valence-electron chi connectivity index (χ2n) is 12.4. The van der Waals surface area contributed by atoms with Gasteiger partial charge in [0.15, 0.2) is 0 Å². The van der Waals surface area contributed by atoms with Crippen molar-refractivity contribution in [1.82, 2.24) is 49.8 Å². The largest absolute Gasteiger partial charge is 0.487 e. The average molecular weight is 686 g/mol. The van der Waals surface area contributed by atoms with Gasteiger partial charge in [0.05, 0.1) is 43.6 Å². The lowest BCUT2D eigenvalue weighted by Crippen LogP contribution is -2.45. The Bertz CT molecular complexity index is 1760. The van der Waals surface area contributed by atoms with Gasteiger partial charge in [0.25, 0.3) is 5.88 Å². The SMILES string of the molecule is C[C@@H](Cn1cnnn1)Oc1cc(-c2cnc(Nc3cn(C4CCC(N5CCOCC5)CC4)nc3OCCc3cccnc3)nc2)ccc1Cl. The van der Waals surface area contributed by atoms with Gasteiger partial charge >= 0.3 is 0 Å². The number of benzene rings is 1. The van der Waals surface area contributed by atoms with Crippen molar-refractivity contribution in [1.29, 1.82) is 0 Å². The first-order valence-electron chi connectivity index (χ1n) is 16.8. The number of nitrogens with one attached hydrogen (secondary N) is 1. The molecule has 0 radical (unpaired) electrons. The van der Waals surface area contributed by atoms with Gasteiger partial charge in [0.2, 0.25) is 5.95 Å². The molecular weight excluding hydrogens is 646 g/mol. The molecule has 5 heterocycles. The minimum atomic E-state index is -0.208. The molecule has 4 aromatic heterocycles. The lowest BCUT2D eigenvalue weighted by molar-refractivity contribution is 0.00503. The lowest BCUT2D eigenvalue weighted by atomic mass is 9.90. The summed E-state index contributed by atoms with van der Waals surface area (Å²) in [4.78, 5) is 16.1. The number of morpholine rings is 1. The predicted octanol–water partition coefficient (Wildman–Crippen LogP) is 5.02. The molecule has 0 spiro atoms. The van der Waals surface area contributed by atoms with Crippen molar-refractivity contribution in [2.45, 2.75) is 63.8 Å². The second-order valence-corrected chi connectivity index (χ2v) is 12.8. The summed E-state index contributed by atoms with van der Waals surface area (Å²) in [6.07, 6.45) is 15.7. The molecule has 1 saturated carbocycles. The van der Waals surface area contributed by atoms with Crippen LogP contribution < -0.4 is 14.8 Å². The summed E-state index contributed by atoms with van der Waals surface area (Å²) in [5.41, 5.74) is 3.53. The first kappa shape index (κ1) is 32.9. The highest BCUT2D eigenvalue weighted by atomic mass is 35.5. The molecule has 1 saturated heterocycles.